The molecule has 2 atom stereocenters. The number of hydrogen-bond donors (Lipinski definition) is 0. The lowest BCUT2D eigenvalue weighted by Crippen LogP contribution is -2.34. The minimum absolute atomic E-state index is 0.105. The molecule has 2 aliphatic heterocycles. The number of thiophene rings is 1. The van der Waals surface area contributed by atoms with E-state index in [0.29, 0.717) is 6.04 Å². The Bertz CT molecular complexity index is 626. The summed E-state index contributed by atoms with van der Waals surface area (Å²) in [7, 11) is 0. The van der Waals surface area contributed by atoms with E-state index in [-0.39, 0.29) is 12.1 Å². The zero-order valence-corrected chi connectivity index (χ0v) is 12.6. The van der Waals surface area contributed by atoms with E-state index in [1.54, 1.807) is 0 Å². The van der Waals surface area contributed by atoms with Gasteiger partial charge in [-0.15, -0.1) is 11.3 Å². The molecule has 108 valence electrons. The van der Waals surface area contributed by atoms with Crippen LogP contribution in [0.15, 0.2) is 47.8 Å². The van der Waals surface area contributed by atoms with Gasteiger partial charge in [0.2, 0.25) is 0 Å². The van der Waals surface area contributed by atoms with Crippen LogP contribution >= 0.6 is 11.3 Å². The van der Waals surface area contributed by atoms with Crippen LogP contribution in [-0.2, 0) is 0 Å². The third-order valence-corrected chi connectivity index (χ3v) is 5.39. The summed E-state index contributed by atoms with van der Waals surface area (Å²) >= 11 is 1.53. The predicted octanol–water partition coefficient (Wildman–Crippen LogP) is 3.37. The van der Waals surface area contributed by atoms with Crippen molar-refractivity contribution in [2.24, 2.45) is 0 Å². The van der Waals surface area contributed by atoms with Crippen LogP contribution in [0.1, 0.15) is 34.2 Å². The first kappa shape index (κ1) is 13.0. The number of hydrogen-bond acceptors (Lipinski definition) is 3. The van der Waals surface area contributed by atoms with Gasteiger partial charge >= 0.3 is 0 Å². The van der Waals surface area contributed by atoms with Gasteiger partial charge in [-0.25, -0.2) is 0 Å². The van der Waals surface area contributed by atoms with Crippen molar-refractivity contribution in [3.8, 4) is 0 Å². The molecule has 1 aromatic carbocycles. The highest BCUT2D eigenvalue weighted by atomic mass is 32.1. The molecule has 0 radical (unpaired) electrons. The number of benzene rings is 1. The van der Waals surface area contributed by atoms with Crippen LogP contribution in [0.3, 0.4) is 0 Å². The van der Waals surface area contributed by atoms with Gasteiger partial charge in [-0.2, -0.15) is 0 Å². The standard InChI is InChI=1S/C17H18N2OS/c20-17(15-9-5-11-21-15)19-12-14-8-4-10-18(14)16(19)13-6-2-1-3-7-13/h1-3,5-7,9,11,14,16H,4,8,10,12H2. The van der Waals surface area contributed by atoms with E-state index >= 15 is 0 Å². The van der Waals surface area contributed by atoms with Crippen molar-refractivity contribution in [1.82, 2.24) is 9.80 Å². The summed E-state index contributed by atoms with van der Waals surface area (Å²) in [5.41, 5.74) is 1.23. The number of fused-ring (bicyclic) bond motifs is 1. The summed E-state index contributed by atoms with van der Waals surface area (Å²) in [5, 5.41) is 1.97. The molecule has 2 aromatic rings. The largest absolute Gasteiger partial charge is 0.316 e. The van der Waals surface area contributed by atoms with Crippen LogP contribution < -0.4 is 0 Å². The maximum absolute atomic E-state index is 12.8. The second kappa shape index (κ2) is 5.28. The third kappa shape index (κ3) is 2.19. The zero-order valence-electron chi connectivity index (χ0n) is 11.8. The lowest BCUT2D eigenvalue weighted by atomic mass is 10.1. The van der Waals surface area contributed by atoms with E-state index in [0.717, 1.165) is 18.0 Å². The van der Waals surface area contributed by atoms with Crippen molar-refractivity contribution in [3.63, 3.8) is 0 Å². The molecular weight excluding hydrogens is 280 g/mol. The molecule has 21 heavy (non-hydrogen) atoms. The Balaban J connectivity index is 1.70. The van der Waals surface area contributed by atoms with Crippen LogP contribution in [0.4, 0.5) is 0 Å². The molecule has 3 heterocycles. The molecule has 0 saturated carbocycles. The van der Waals surface area contributed by atoms with Gasteiger partial charge in [0.25, 0.3) is 5.91 Å². The molecule has 2 unspecified atom stereocenters. The molecule has 4 rings (SSSR count). The van der Waals surface area contributed by atoms with E-state index in [4.69, 9.17) is 0 Å². The first-order valence-electron chi connectivity index (χ1n) is 7.50. The molecule has 4 heteroatoms. The highest BCUT2D eigenvalue weighted by molar-refractivity contribution is 7.12. The minimum atomic E-state index is 0.105. The molecule has 1 aromatic heterocycles. The van der Waals surface area contributed by atoms with Gasteiger partial charge in [0.05, 0.1) is 4.88 Å². The maximum atomic E-state index is 12.8. The van der Waals surface area contributed by atoms with E-state index in [1.807, 2.05) is 23.6 Å². The van der Waals surface area contributed by atoms with Crippen molar-refractivity contribution in [3.05, 3.63) is 58.3 Å². The number of carbonyl (C=O) groups excluding carboxylic acids is 1. The smallest absolute Gasteiger partial charge is 0.265 e. The molecule has 2 saturated heterocycles. The Hall–Kier alpha value is -1.65. The van der Waals surface area contributed by atoms with Crippen molar-refractivity contribution < 1.29 is 4.79 Å². The Kier molecular flexibility index (Phi) is 3.28. The molecule has 0 N–H and O–H groups in total. The molecule has 1 amide bonds. The molecule has 0 spiro atoms. The van der Waals surface area contributed by atoms with Gasteiger partial charge in [0.15, 0.2) is 0 Å². The van der Waals surface area contributed by atoms with Crippen LogP contribution in [0.2, 0.25) is 0 Å². The highest BCUT2D eigenvalue weighted by Gasteiger charge is 2.44. The van der Waals surface area contributed by atoms with Gasteiger partial charge in [0, 0.05) is 19.1 Å². The van der Waals surface area contributed by atoms with Crippen molar-refractivity contribution in [2.45, 2.75) is 25.0 Å². The number of rotatable bonds is 2. The van der Waals surface area contributed by atoms with Crippen molar-refractivity contribution in [2.75, 3.05) is 13.1 Å². The van der Waals surface area contributed by atoms with Gasteiger partial charge in [-0.3, -0.25) is 9.69 Å². The number of carbonyl (C=O) groups is 1. The lowest BCUT2D eigenvalue weighted by Gasteiger charge is -2.29. The normalized spacial score (nSPS) is 25.2. The molecular formula is C17H18N2OS. The van der Waals surface area contributed by atoms with Crippen molar-refractivity contribution in [1.29, 1.82) is 0 Å². The van der Waals surface area contributed by atoms with E-state index in [2.05, 4.69) is 34.1 Å². The van der Waals surface area contributed by atoms with Crippen molar-refractivity contribution >= 4 is 17.2 Å². The fourth-order valence-electron chi connectivity index (χ4n) is 3.61. The van der Waals surface area contributed by atoms with Gasteiger partial charge < -0.3 is 4.90 Å². The second-order valence-electron chi connectivity index (χ2n) is 5.75. The summed E-state index contributed by atoms with van der Waals surface area (Å²) < 4.78 is 0. The van der Waals surface area contributed by atoms with Gasteiger partial charge in [0.1, 0.15) is 6.17 Å². The Morgan fingerprint density at radius 1 is 1.14 bits per heavy atom. The van der Waals surface area contributed by atoms with Crippen LogP contribution in [0.5, 0.6) is 0 Å². The minimum Gasteiger partial charge on any atom is -0.316 e. The molecule has 3 nitrogen and oxygen atoms in total. The van der Waals surface area contributed by atoms with E-state index in [1.165, 1.54) is 29.7 Å². The lowest BCUT2D eigenvalue weighted by molar-refractivity contribution is 0.0644. The highest BCUT2D eigenvalue weighted by Crippen LogP contribution is 2.39. The van der Waals surface area contributed by atoms with E-state index < -0.39 is 0 Å². The van der Waals surface area contributed by atoms with Gasteiger partial charge in [-0.1, -0.05) is 36.4 Å². The third-order valence-electron chi connectivity index (χ3n) is 4.53. The molecule has 0 bridgehead atoms. The molecule has 0 aliphatic carbocycles. The first-order chi connectivity index (χ1) is 10.3. The summed E-state index contributed by atoms with van der Waals surface area (Å²) in [6, 6.07) is 14.8. The van der Waals surface area contributed by atoms with Crippen LogP contribution in [-0.4, -0.2) is 34.8 Å². The van der Waals surface area contributed by atoms with Crippen LogP contribution in [0.25, 0.3) is 0 Å². The Labute approximate surface area is 128 Å². The average Bonchev–Trinajstić information content (AvgIpc) is 3.23. The van der Waals surface area contributed by atoms with Crippen LogP contribution in [0, 0.1) is 0 Å². The summed E-state index contributed by atoms with van der Waals surface area (Å²) in [5.74, 6) is 0.174. The molecule has 2 aliphatic rings. The topological polar surface area (TPSA) is 23.6 Å². The Morgan fingerprint density at radius 3 is 2.76 bits per heavy atom. The summed E-state index contributed by atoms with van der Waals surface area (Å²) in [6.45, 7) is 1.95. The number of amides is 1. The summed E-state index contributed by atoms with van der Waals surface area (Å²) in [4.78, 5) is 18.2. The number of nitrogens with zero attached hydrogens (tertiary/aromatic N) is 2. The fourth-order valence-corrected chi connectivity index (χ4v) is 4.29. The second-order valence-corrected chi connectivity index (χ2v) is 6.70. The van der Waals surface area contributed by atoms with Gasteiger partial charge in [-0.05, 0) is 29.9 Å². The fraction of sp³-hybridized carbons (Fsp3) is 0.353. The zero-order chi connectivity index (χ0) is 14.2. The first-order valence-corrected chi connectivity index (χ1v) is 8.38. The molecule has 2 fully saturated rings. The predicted molar refractivity (Wildman–Crippen MR) is 84.3 cm³/mol. The Morgan fingerprint density at radius 2 is 2.00 bits per heavy atom. The monoisotopic (exact) mass is 298 g/mol. The average molecular weight is 298 g/mol. The van der Waals surface area contributed by atoms with E-state index in [9.17, 15) is 4.79 Å². The SMILES string of the molecule is O=C(c1cccs1)N1CC2CCCN2C1c1ccccc1. The maximum Gasteiger partial charge on any atom is 0.265 e. The quantitative estimate of drug-likeness (QED) is 0.848. The summed E-state index contributed by atoms with van der Waals surface area (Å²) in [6.07, 6.45) is 2.56.